The molecule has 3 unspecified atom stereocenters. The van der Waals surface area contributed by atoms with Gasteiger partial charge in [-0.05, 0) is 50.6 Å². The predicted molar refractivity (Wildman–Crippen MR) is 71.9 cm³/mol. The van der Waals surface area contributed by atoms with Crippen molar-refractivity contribution in [3.05, 3.63) is 35.1 Å². The molecule has 2 fully saturated rings. The zero-order chi connectivity index (χ0) is 12.7. The van der Waals surface area contributed by atoms with Crippen molar-refractivity contribution in [1.29, 1.82) is 0 Å². The number of aryl methyl sites for hydroxylation is 1. The van der Waals surface area contributed by atoms with Gasteiger partial charge >= 0.3 is 0 Å². The molecular weight excluding hydrogens is 225 g/mol. The summed E-state index contributed by atoms with van der Waals surface area (Å²) in [6, 6.07) is 5.69. The Kier molecular flexibility index (Phi) is 3.14. The highest BCUT2D eigenvalue weighted by Crippen LogP contribution is 2.60. The van der Waals surface area contributed by atoms with Crippen LogP contribution in [0.1, 0.15) is 42.9 Å². The minimum absolute atomic E-state index is 0.0522. The Morgan fingerprint density at radius 2 is 1.89 bits per heavy atom. The summed E-state index contributed by atoms with van der Waals surface area (Å²) in [5, 5.41) is 3.36. The summed E-state index contributed by atoms with van der Waals surface area (Å²) in [5.41, 5.74) is 2.02. The van der Waals surface area contributed by atoms with E-state index in [2.05, 4.69) is 5.32 Å². The van der Waals surface area contributed by atoms with Crippen molar-refractivity contribution in [1.82, 2.24) is 5.32 Å². The number of hydrogen-bond donors (Lipinski definition) is 1. The zero-order valence-electron chi connectivity index (χ0n) is 11.2. The Morgan fingerprint density at radius 3 is 2.50 bits per heavy atom. The number of halogens is 1. The molecule has 0 bridgehead atoms. The molecule has 0 aromatic heterocycles. The fraction of sp³-hybridized carbons (Fsp3) is 0.625. The maximum Gasteiger partial charge on any atom is 0.128 e. The van der Waals surface area contributed by atoms with Gasteiger partial charge in [0.1, 0.15) is 5.82 Å². The third-order valence-corrected chi connectivity index (χ3v) is 4.91. The summed E-state index contributed by atoms with van der Waals surface area (Å²) in [4.78, 5) is 0. The van der Waals surface area contributed by atoms with Crippen molar-refractivity contribution < 1.29 is 4.39 Å². The average molecular weight is 247 g/mol. The van der Waals surface area contributed by atoms with Crippen LogP contribution in [0.4, 0.5) is 4.39 Å². The predicted octanol–water partition coefficient (Wildman–Crippen LogP) is 3.83. The van der Waals surface area contributed by atoms with Crippen molar-refractivity contribution in [2.24, 2.45) is 17.8 Å². The van der Waals surface area contributed by atoms with Gasteiger partial charge in [0.05, 0.1) is 0 Å². The Labute approximate surface area is 109 Å². The highest BCUT2D eigenvalue weighted by molar-refractivity contribution is 5.29. The van der Waals surface area contributed by atoms with Gasteiger partial charge in [0.25, 0.3) is 0 Å². The van der Waals surface area contributed by atoms with Crippen LogP contribution in [0, 0.1) is 30.5 Å². The van der Waals surface area contributed by atoms with Crippen molar-refractivity contribution in [2.45, 2.75) is 38.6 Å². The summed E-state index contributed by atoms with van der Waals surface area (Å²) < 4.78 is 14.0. The van der Waals surface area contributed by atoms with Crippen LogP contribution in [0.25, 0.3) is 0 Å². The van der Waals surface area contributed by atoms with E-state index in [1.165, 1.54) is 25.7 Å². The van der Waals surface area contributed by atoms with Gasteiger partial charge in [-0.25, -0.2) is 4.39 Å². The van der Waals surface area contributed by atoms with E-state index in [1.54, 1.807) is 6.07 Å². The largest absolute Gasteiger partial charge is 0.313 e. The van der Waals surface area contributed by atoms with Crippen LogP contribution in [0.5, 0.6) is 0 Å². The molecule has 2 heteroatoms. The highest BCUT2D eigenvalue weighted by Gasteiger charge is 2.54. The van der Waals surface area contributed by atoms with Crippen LogP contribution in [0.2, 0.25) is 0 Å². The first-order chi connectivity index (χ1) is 8.72. The summed E-state index contributed by atoms with van der Waals surface area (Å²) in [5.74, 6) is 2.30. The maximum atomic E-state index is 14.0. The zero-order valence-corrected chi connectivity index (χ0v) is 11.2. The van der Waals surface area contributed by atoms with Crippen molar-refractivity contribution in [3.8, 4) is 0 Å². The third kappa shape index (κ3) is 1.97. The van der Waals surface area contributed by atoms with Crippen LogP contribution in [0.15, 0.2) is 18.2 Å². The lowest BCUT2D eigenvalue weighted by molar-refractivity contribution is 0.457. The van der Waals surface area contributed by atoms with Crippen molar-refractivity contribution in [2.75, 3.05) is 7.05 Å². The number of hydrogen-bond acceptors (Lipinski definition) is 1. The second kappa shape index (κ2) is 4.65. The van der Waals surface area contributed by atoms with Gasteiger partial charge in [-0.3, -0.25) is 0 Å². The van der Waals surface area contributed by atoms with Crippen molar-refractivity contribution in [3.63, 3.8) is 0 Å². The molecule has 1 aromatic rings. The molecule has 0 radical (unpaired) electrons. The van der Waals surface area contributed by atoms with Gasteiger partial charge in [0, 0.05) is 11.6 Å². The normalized spacial score (nSPS) is 31.8. The molecule has 1 nitrogen and oxygen atoms in total. The molecule has 3 atom stereocenters. The summed E-state index contributed by atoms with van der Waals surface area (Å²) in [6.45, 7) is 2.04. The molecule has 1 aromatic carbocycles. The Balaban J connectivity index is 1.86. The molecule has 3 rings (SSSR count). The fourth-order valence-corrected chi connectivity index (χ4v) is 4.00. The Bertz CT molecular complexity index is 431. The van der Waals surface area contributed by atoms with E-state index in [9.17, 15) is 4.39 Å². The molecule has 0 aliphatic heterocycles. The van der Waals surface area contributed by atoms with Crippen LogP contribution < -0.4 is 5.32 Å². The standard InChI is InChI=1S/C16H22FN/c1-10-7-8-14(17)13(9-10)16(18-2)15-11-5-3-4-6-12(11)15/h7-9,11-12,15-16,18H,3-6H2,1-2H3. The lowest BCUT2D eigenvalue weighted by atomic mass is 9.98. The lowest BCUT2D eigenvalue weighted by Gasteiger charge is -2.18. The Morgan fingerprint density at radius 1 is 1.22 bits per heavy atom. The van der Waals surface area contributed by atoms with E-state index in [4.69, 9.17) is 0 Å². The molecular formula is C16H22FN. The molecule has 2 aliphatic carbocycles. The first-order valence-corrected chi connectivity index (χ1v) is 7.15. The van der Waals surface area contributed by atoms with Gasteiger partial charge in [0.15, 0.2) is 0 Å². The fourth-order valence-electron chi connectivity index (χ4n) is 4.00. The molecule has 1 N–H and O–H groups in total. The van der Waals surface area contributed by atoms with E-state index < -0.39 is 0 Å². The number of rotatable bonds is 3. The van der Waals surface area contributed by atoms with Gasteiger partial charge in [-0.15, -0.1) is 0 Å². The van der Waals surface area contributed by atoms with Gasteiger partial charge in [-0.1, -0.05) is 30.5 Å². The van der Waals surface area contributed by atoms with E-state index in [0.717, 1.165) is 23.0 Å². The molecule has 98 valence electrons. The first-order valence-electron chi connectivity index (χ1n) is 7.15. The first kappa shape index (κ1) is 12.2. The average Bonchev–Trinajstić information content (AvgIpc) is 3.09. The van der Waals surface area contributed by atoms with Crippen LogP contribution in [0.3, 0.4) is 0 Å². The minimum Gasteiger partial charge on any atom is -0.313 e. The van der Waals surface area contributed by atoms with E-state index >= 15 is 0 Å². The second-order valence-corrected chi connectivity index (χ2v) is 5.98. The topological polar surface area (TPSA) is 12.0 Å². The monoisotopic (exact) mass is 247 g/mol. The summed E-state index contributed by atoms with van der Waals surface area (Å²) >= 11 is 0. The molecule has 18 heavy (non-hydrogen) atoms. The van der Waals surface area contributed by atoms with E-state index in [0.29, 0.717) is 5.92 Å². The maximum absolute atomic E-state index is 14.0. The molecule has 0 amide bonds. The van der Waals surface area contributed by atoms with Gasteiger partial charge in [0.2, 0.25) is 0 Å². The van der Waals surface area contributed by atoms with Crippen molar-refractivity contribution >= 4 is 0 Å². The number of fused-ring (bicyclic) bond motifs is 1. The van der Waals surface area contributed by atoms with Gasteiger partial charge in [-0.2, -0.15) is 0 Å². The molecule has 0 heterocycles. The van der Waals surface area contributed by atoms with Crippen LogP contribution in [-0.4, -0.2) is 7.05 Å². The minimum atomic E-state index is -0.0522. The summed E-state index contributed by atoms with van der Waals surface area (Å²) in [7, 11) is 1.97. The highest BCUT2D eigenvalue weighted by atomic mass is 19.1. The van der Waals surface area contributed by atoms with Crippen LogP contribution in [-0.2, 0) is 0 Å². The molecule has 0 spiro atoms. The molecule has 0 saturated heterocycles. The second-order valence-electron chi connectivity index (χ2n) is 5.98. The molecule has 2 saturated carbocycles. The van der Waals surface area contributed by atoms with Crippen LogP contribution >= 0.6 is 0 Å². The summed E-state index contributed by atoms with van der Waals surface area (Å²) in [6.07, 6.45) is 5.43. The SMILES string of the molecule is CNC(c1cc(C)ccc1F)C1C2CCCCC21. The quantitative estimate of drug-likeness (QED) is 0.856. The van der Waals surface area contributed by atoms with E-state index in [1.807, 2.05) is 26.1 Å². The molecule has 2 aliphatic rings. The van der Waals surface area contributed by atoms with Gasteiger partial charge < -0.3 is 5.32 Å². The Hall–Kier alpha value is -0.890. The number of benzene rings is 1. The van der Waals surface area contributed by atoms with E-state index in [-0.39, 0.29) is 11.9 Å². The third-order valence-electron chi connectivity index (χ3n) is 4.91. The number of nitrogens with one attached hydrogen (secondary N) is 1. The lowest BCUT2D eigenvalue weighted by Crippen LogP contribution is -2.21. The smallest absolute Gasteiger partial charge is 0.128 e.